The van der Waals surface area contributed by atoms with Crippen LogP contribution in [0.1, 0.15) is 18.7 Å². The first-order valence-electron chi connectivity index (χ1n) is 4.74. The normalized spacial score (nSPS) is 29.1. The van der Waals surface area contributed by atoms with Crippen molar-refractivity contribution in [3.8, 4) is 0 Å². The number of rotatable bonds is 3. The van der Waals surface area contributed by atoms with Crippen LogP contribution in [0.2, 0.25) is 0 Å². The van der Waals surface area contributed by atoms with Gasteiger partial charge in [0.25, 0.3) is 0 Å². The molecule has 80 valence electrons. The minimum atomic E-state index is -1.67. The van der Waals surface area contributed by atoms with E-state index in [1.807, 2.05) is 0 Å². The molecule has 0 aromatic carbocycles. The Morgan fingerprint density at radius 1 is 1.53 bits per heavy atom. The van der Waals surface area contributed by atoms with Gasteiger partial charge in [-0.2, -0.15) is 0 Å². The SMILES string of the molecule is CCOC1(O)OC=CC1c1ncccn1. The summed E-state index contributed by atoms with van der Waals surface area (Å²) in [6.07, 6.45) is 6.30. The standard InChI is InChI=1S/C10H12N2O3/c1-2-14-10(13)8(4-7-15-10)9-11-5-3-6-12-9/h3-8,13H,2H2,1H3. The predicted molar refractivity (Wildman–Crippen MR) is 51.6 cm³/mol. The first kappa shape index (κ1) is 10.1. The summed E-state index contributed by atoms with van der Waals surface area (Å²) in [4.78, 5) is 8.11. The van der Waals surface area contributed by atoms with E-state index in [0.29, 0.717) is 12.4 Å². The van der Waals surface area contributed by atoms with E-state index in [4.69, 9.17) is 9.47 Å². The van der Waals surface area contributed by atoms with E-state index in [1.165, 1.54) is 6.26 Å². The zero-order valence-electron chi connectivity index (χ0n) is 8.33. The summed E-state index contributed by atoms with van der Waals surface area (Å²) in [5.41, 5.74) is 0. The van der Waals surface area contributed by atoms with Crippen LogP contribution in [0.3, 0.4) is 0 Å². The van der Waals surface area contributed by atoms with E-state index in [2.05, 4.69) is 9.97 Å². The fraction of sp³-hybridized carbons (Fsp3) is 0.400. The molecule has 2 heterocycles. The summed E-state index contributed by atoms with van der Waals surface area (Å²) < 4.78 is 10.2. The molecule has 1 aromatic rings. The molecule has 1 aromatic heterocycles. The maximum Gasteiger partial charge on any atom is 0.338 e. The van der Waals surface area contributed by atoms with Crippen molar-refractivity contribution >= 4 is 0 Å². The maximum absolute atomic E-state index is 10.0. The molecule has 1 aliphatic heterocycles. The molecule has 15 heavy (non-hydrogen) atoms. The summed E-state index contributed by atoms with van der Waals surface area (Å²) in [5.74, 6) is -1.68. The van der Waals surface area contributed by atoms with Crippen LogP contribution in [-0.4, -0.2) is 27.7 Å². The third-order valence-corrected chi connectivity index (χ3v) is 2.12. The van der Waals surface area contributed by atoms with Crippen molar-refractivity contribution in [2.75, 3.05) is 6.61 Å². The summed E-state index contributed by atoms with van der Waals surface area (Å²) >= 11 is 0. The summed E-state index contributed by atoms with van der Waals surface area (Å²) in [7, 11) is 0. The molecule has 0 spiro atoms. The number of aromatic nitrogens is 2. The van der Waals surface area contributed by atoms with Crippen molar-refractivity contribution in [2.24, 2.45) is 0 Å². The number of ether oxygens (including phenoxy) is 2. The van der Waals surface area contributed by atoms with Crippen LogP contribution in [0, 0.1) is 0 Å². The highest BCUT2D eigenvalue weighted by Crippen LogP contribution is 2.34. The second-order valence-electron chi connectivity index (χ2n) is 3.09. The van der Waals surface area contributed by atoms with Crippen molar-refractivity contribution in [1.82, 2.24) is 9.97 Å². The van der Waals surface area contributed by atoms with Crippen LogP contribution >= 0.6 is 0 Å². The zero-order chi connectivity index (χ0) is 10.7. The van der Waals surface area contributed by atoms with Gasteiger partial charge in [-0.15, -0.1) is 0 Å². The highest BCUT2D eigenvalue weighted by molar-refractivity contribution is 5.13. The molecule has 1 aliphatic rings. The van der Waals surface area contributed by atoms with Gasteiger partial charge < -0.3 is 14.6 Å². The van der Waals surface area contributed by atoms with Crippen molar-refractivity contribution in [1.29, 1.82) is 0 Å². The average Bonchev–Trinajstić information content (AvgIpc) is 2.62. The highest BCUT2D eigenvalue weighted by atomic mass is 16.8. The molecule has 2 unspecified atom stereocenters. The molecular formula is C10H12N2O3. The van der Waals surface area contributed by atoms with E-state index in [-0.39, 0.29) is 0 Å². The van der Waals surface area contributed by atoms with Gasteiger partial charge in [0.15, 0.2) is 0 Å². The van der Waals surface area contributed by atoms with Crippen molar-refractivity contribution in [3.05, 3.63) is 36.6 Å². The van der Waals surface area contributed by atoms with Crippen LogP contribution in [0.25, 0.3) is 0 Å². The Morgan fingerprint density at radius 3 is 2.93 bits per heavy atom. The average molecular weight is 208 g/mol. The molecule has 0 radical (unpaired) electrons. The van der Waals surface area contributed by atoms with Crippen LogP contribution in [0.15, 0.2) is 30.8 Å². The monoisotopic (exact) mass is 208 g/mol. The number of hydrogen-bond acceptors (Lipinski definition) is 5. The molecule has 0 bridgehead atoms. The van der Waals surface area contributed by atoms with Gasteiger partial charge in [0, 0.05) is 12.4 Å². The Labute approximate surface area is 87.4 Å². The summed E-state index contributed by atoms with van der Waals surface area (Å²) in [6.45, 7) is 2.13. The lowest BCUT2D eigenvalue weighted by Crippen LogP contribution is -2.38. The minimum absolute atomic E-state index is 0.349. The molecule has 0 amide bonds. The zero-order valence-corrected chi connectivity index (χ0v) is 8.33. The van der Waals surface area contributed by atoms with Gasteiger partial charge >= 0.3 is 5.97 Å². The third-order valence-electron chi connectivity index (χ3n) is 2.12. The van der Waals surface area contributed by atoms with E-state index < -0.39 is 11.9 Å². The fourth-order valence-corrected chi connectivity index (χ4v) is 1.46. The largest absolute Gasteiger partial charge is 0.447 e. The van der Waals surface area contributed by atoms with Gasteiger partial charge in [0.1, 0.15) is 11.7 Å². The van der Waals surface area contributed by atoms with Crippen molar-refractivity contribution < 1.29 is 14.6 Å². The number of nitrogens with zero attached hydrogens (tertiary/aromatic N) is 2. The lowest BCUT2D eigenvalue weighted by Gasteiger charge is -2.26. The summed E-state index contributed by atoms with van der Waals surface area (Å²) in [6, 6.07) is 1.71. The highest BCUT2D eigenvalue weighted by Gasteiger charge is 2.44. The maximum atomic E-state index is 10.0. The molecule has 2 rings (SSSR count). The van der Waals surface area contributed by atoms with Crippen LogP contribution in [0.4, 0.5) is 0 Å². The van der Waals surface area contributed by atoms with Gasteiger partial charge in [-0.3, -0.25) is 0 Å². The molecule has 2 atom stereocenters. The smallest absolute Gasteiger partial charge is 0.338 e. The quantitative estimate of drug-likeness (QED) is 0.744. The topological polar surface area (TPSA) is 64.5 Å². The van der Waals surface area contributed by atoms with Gasteiger partial charge in [0.2, 0.25) is 0 Å². The van der Waals surface area contributed by atoms with Gasteiger partial charge in [-0.05, 0) is 19.1 Å². The molecule has 0 fully saturated rings. The lowest BCUT2D eigenvalue weighted by atomic mass is 10.1. The van der Waals surface area contributed by atoms with E-state index in [1.54, 1.807) is 31.5 Å². The first-order chi connectivity index (χ1) is 7.26. The van der Waals surface area contributed by atoms with Crippen LogP contribution < -0.4 is 0 Å². The second-order valence-corrected chi connectivity index (χ2v) is 3.09. The van der Waals surface area contributed by atoms with Gasteiger partial charge in [-0.25, -0.2) is 9.97 Å². The summed E-state index contributed by atoms with van der Waals surface area (Å²) in [5, 5.41) is 10.0. The molecule has 5 heteroatoms. The molecule has 1 N–H and O–H groups in total. The Balaban J connectivity index is 2.25. The van der Waals surface area contributed by atoms with E-state index in [0.717, 1.165) is 0 Å². The minimum Gasteiger partial charge on any atom is -0.447 e. The fourth-order valence-electron chi connectivity index (χ4n) is 1.46. The Kier molecular flexibility index (Phi) is 2.66. The molecular weight excluding hydrogens is 196 g/mol. The van der Waals surface area contributed by atoms with Crippen molar-refractivity contribution in [2.45, 2.75) is 18.8 Å². The Morgan fingerprint density at radius 2 is 2.27 bits per heavy atom. The number of hydrogen-bond donors (Lipinski definition) is 1. The van der Waals surface area contributed by atoms with E-state index >= 15 is 0 Å². The van der Waals surface area contributed by atoms with E-state index in [9.17, 15) is 5.11 Å². The van der Waals surface area contributed by atoms with Gasteiger partial charge in [-0.1, -0.05) is 0 Å². The molecule has 0 saturated heterocycles. The first-order valence-corrected chi connectivity index (χ1v) is 4.74. The van der Waals surface area contributed by atoms with Crippen LogP contribution in [-0.2, 0) is 9.47 Å². The number of aliphatic hydroxyl groups is 1. The molecule has 0 aliphatic carbocycles. The molecule has 5 nitrogen and oxygen atoms in total. The predicted octanol–water partition coefficient (Wildman–Crippen LogP) is 0.787. The third kappa shape index (κ3) is 1.84. The lowest BCUT2D eigenvalue weighted by molar-refractivity contribution is -0.335. The van der Waals surface area contributed by atoms with Crippen LogP contribution in [0.5, 0.6) is 0 Å². The Bertz CT molecular complexity index is 355. The second kappa shape index (κ2) is 3.96. The van der Waals surface area contributed by atoms with Gasteiger partial charge in [0.05, 0.1) is 12.9 Å². The van der Waals surface area contributed by atoms with Crippen molar-refractivity contribution in [3.63, 3.8) is 0 Å². The Hall–Kier alpha value is -1.46. The molecule has 0 saturated carbocycles.